The van der Waals surface area contributed by atoms with Gasteiger partial charge < -0.3 is 4.74 Å². The van der Waals surface area contributed by atoms with Gasteiger partial charge in [-0.25, -0.2) is 9.37 Å². The van der Waals surface area contributed by atoms with E-state index in [0.717, 1.165) is 21.3 Å². The highest BCUT2D eigenvalue weighted by Gasteiger charge is 2.11. The minimum absolute atomic E-state index is 0.0772. The molecule has 0 aliphatic carbocycles. The zero-order valence-electron chi connectivity index (χ0n) is 11.4. The van der Waals surface area contributed by atoms with E-state index < -0.39 is 11.8 Å². The van der Waals surface area contributed by atoms with Crippen LogP contribution in [0.15, 0.2) is 42.5 Å². The van der Waals surface area contributed by atoms with Gasteiger partial charge in [0.15, 0.2) is 0 Å². The number of halogens is 2. The number of hydrogen-bond donors (Lipinski definition) is 0. The normalized spacial score (nSPS) is 10.8. The van der Waals surface area contributed by atoms with Crippen LogP contribution in [0.25, 0.3) is 10.2 Å². The third kappa shape index (κ3) is 3.43. The van der Waals surface area contributed by atoms with Crippen LogP contribution >= 0.6 is 22.9 Å². The van der Waals surface area contributed by atoms with Crippen LogP contribution in [0.5, 0.6) is 5.75 Å². The van der Waals surface area contributed by atoms with E-state index in [9.17, 15) is 9.18 Å². The molecule has 3 aromatic rings. The zero-order valence-corrected chi connectivity index (χ0v) is 13.0. The third-order valence-electron chi connectivity index (χ3n) is 3.00. The summed E-state index contributed by atoms with van der Waals surface area (Å²) in [5.74, 6) is -0.732. The van der Waals surface area contributed by atoms with Crippen LogP contribution in [0.1, 0.15) is 11.4 Å². The molecule has 0 saturated heterocycles. The molecule has 1 aromatic heterocycles. The molecule has 1 heterocycles. The number of fused-ring (bicyclic) bond motifs is 1. The van der Waals surface area contributed by atoms with Crippen molar-refractivity contribution in [2.75, 3.05) is 0 Å². The quantitative estimate of drug-likeness (QED) is 0.515. The first-order chi connectivity index (χ1) is 10.6. The minimum atomic E-state index is -0.473. The van der Waals surface area contributed by atoms with Gasteiger partial charge in [0.05, 0.1) is 26.7 Å². The summed E-state index contributed by atoms with van der Waals surface area (Å²) >= 11 is 7.37. The van der Waals surface area contributed by atoms with E-state index in [0.29, 0.717) is 6.42 Å². The Balaban J connectivity index is 1.62. The van der Waals surface area contributed by atoms with Crippen molar-refractivity contribution in [2.24, 2.45) is 0 Å². The number of carbonyl (C=O) groups excluding carboxylic acids is 1. The lowest BCUT2D eigenvalue weighted by atomic mass is 10.3. The van der Waals surface area contributed by atoms with Gasteiger partial charge in [-0.05, 0) is 30.3 Å². The fourth-order valence-electron chi connectivity index (χ4n) is 1.97. The number of carbonyl (C=O) groups is 1. The number of esters is 1. The summed E-state index contributed by atoms with van der Waals surface area (Å²) in [6, 6.07) is 11.5. The number of aryl methyl sites for hydroxylation is 1. The van der Waals surface area contributed by atoms with Crippen LogP contribution in [0.3, 0.4) is 0 Å². The average molecular weight is 336 g/mol. The lowest BCUT2D eigenvalue weighted by molar-refractivity contribution is -0.134. The number of ether oxygens (including phenoxy) is 1. The van der Waals surface area contributed by atoms with Crippen molar-refractivity contribution < 1.29 is 13.9 Å². The first kappa shape index (κ1) is 14.9. The molecule has 0 saturated carbocycles. The molecule has 0 atom stereocenters. The molecule has 22 heavy (non-hydrogen) atoms. The van der Waals surface area contributed by atoms with Gasteiger partial charge in [0, 0.05) is 6.42 Å². The molecule has 0 fully saturated rings. The Hall–Kier alpha value is -1.98. The Bertz CT molecular complexity index is 801. The molecule has 3 rings (SSSR count). The summed E-state index contributed by atoms with van der Waals surface area (Å²) < 4.78 is 19.1. The van der Waals surface area contributed by atoms with Gasteiger partial charge >= 0.3 is 5.97 Å². The summed E-state index contributed by atoms with van der Waals surface area (Å²) in [5, 5.41) is 0.955. The van der Waals surface area contributed by atoms with Crippen molar-refractivity contribution in [3.63, 3.8) is 0 Å². The van der Waals surface area contributed by atoms with Crippen molar-refractivity contribution in [2.45, 2.75) is 12.8 Å². The molecule has 0 amide bonds. The zero-order chi connectivity index (χ0) is 15.5. The molecule has 3 nitrogen and oxygen atoms in total. The Labute approximate surface area is 135 Å². The summed E-state index contributed by atoms with van der Waals surface area (Å²) in [6.07, 6.45) is 0.685. The predicted octanol–water partition coefficient (Wildman–Crippen LogP) is 4.63. The van der Waals surface area contributed by atoms with Crippen molar-refractivity contribution >= 4 is 39.1 Å². The molecule has 2 aromatic carbocycles. The van der Waals surface area contributed by atoms with Gasteiger partial charge in [0.2, 0.25) is 0 Å². The summed E-state index contributed by atoms with van der Waals surface area (Å²) in [6.45, 7) is 0. The SMILES string of the molecule is O=C(CCc1nc2ccccc2s1)Oc1ccc(F)cc1Cl. The van der Waals surface area contributed by atoms with E-state index in [1.165, 1.54) is 12.1 Å². The predicted molar refractivity (Wildman–Crippen MR) is 85.0 cm³/mol. The van der Waals surface area contributed by atoms with E-state index in [1.54, 1.807) is 11.3 Å². The highest BCUT2D eigenvalue weighted by atomic mass is 35.5. The first-order valence-corrected chi connectivity index (χ1v) is 7.81. The third-order valence-corrected chi connectivity index (χ3v) is 4.39. The molecular formula is C16H11ClFNO2S. The monoisotopic (exact) mass is 335 g/mol. The Kier molecular flexibility index (Phi) is 4.36. The van der Waals surface area contributed by atoms with Gasteiger partial charge in [-0.3, -0.25) is 4.79 Å². The van der Waals surface area contributed by atoms with Crippen LogP contribution in [-0.2, 0) is 11.2 Å². The molecule has 112 valence electrons. The number of benzene rings is 2. The second kappa shape index (κ2) is 6.42. The van der Waals surface area contributed by atoms with E-state index >= 15 is 0 Å². The summed E-state index contributed by atoms with van der Waals surface area (Å²) in [4.78, 5) is 16.3. The summed E-state index contributed by atoms with van der Waals surface area (Å²) in [5.41, 5.74) is 0.928. The van der Waals surface area contributed by atoms with E-state index in [1.807, 2.05) is 24.3 Å². The number of para-hydroxylation sites is 1. The smallest absolute Gasteiger partial charge is 0.311 e. The molecule has 0 bridgehead atoms. The number of hydrogen-bond acceptors (Lipinski definition) is 4. The topological polar surface area (TPSA) is 39.2 Å². The van der Waals surface area contributed by atoms with Gasteiger partial charge in [-0.15, -0.1) is 11.3 Å². The molecule has 6 heteroatoms. The highest BCUT2D eigenvalue weighted by Crippen LogP contribution is 2.26. The number of nitrogens with zero attached hydrogens (tertiary/aromatic N) is 1. The van der Waals surface area contributed by atoms with E-state index in [-0.39, 0.29) is 17.2 Å². The largest absolute Gasteiger partial charge is 0.425 e. The average Bonchev–Trinajstić information content (AvgIpc) is 2.91. The highest BCUT2D eigenvalue weighted by molar-refractivity contribution is 7.18. The number of aromatic nitrogens is 1. The van der Waals surface area contributed by atoms with Gasteiger partial charge in [-0.2, -0.15) is 0 Å². The van der Waals surface area contributed by atoms with Crippen molar-refractivity contribution in [1.82, 2.24) is 4.98 Å². The van der Waals surface area contributed by atoms with E-state index in [2.05, 4.69) is 4.98 Å². The van der Waals surface area contributed by atoms with Crippen molar-refractivity contribution in [3.8, 4) is 5.75 Å². The maximum Gasteiger partial charge on any atom is 0.311 e. The number of rotatable bonds is 4. The number of thiazole rings is 1. The Morgan fingerprint density at radius 1 is 1.27 bits per heavy atom. The molecule has 0 spiro atoms. The molecule has 0 aliphatic heterocycles. The van der Waals surface area contributed by atoms with Crippen molar-refractivity contribution in [3.05, 3.63) is 58.3 Å². The van der Waals surface area contributed by atoms with Gasteiger partial charge in [0.25, 0.3) is 0 Å². The summed E-state index contributed by atoms with van der Waals surface area (Å²) in [7, 11) is 0. The Morgan fingerprint density at radius 3 is 2.86 bits per heavy atom. The first-order valence-electron chi connectivity index (χ1n) is 6.62. The van der Waals surface area contributed by atoms with Crippen LogP contribution in [0.2, 0.25) is 5.02 Å². The van der Waals surface area contributed by atoms with Crippen LogP contribution in [-0.4, -0.2) is 11.0 Å². The standard InChI is InChI=1S/C16H11ClFNO2S/c17-11-9-10(18)5-6-13(11)21-16(20)8-7-15-19-12-3-1-2-4-14(12)22-15/h1-6,9H,7-8H2. The second-order valence-electron chi connectivity index (χ2n) is 4.62. The van der Waals surface area contributed by atoms with Crippen LogP contribution in [0.4, 0.5) is 4.39 Å². The van der Waals surface area contributed by atoms with Crippen molar-refractivity contribution in [1.29, 1.82) is 0 Å². The van der Waals surface area contributed by atoms with Crippen LogP contribution in [0, 0.1) is 5.82 Å². The maximum atomic E-state index is 12.9. The fraction of sp³-hybridized carbons (Fsp3) is 0.125. The molecule has 0 radical (unpaired) electrons. The molecule has 0 N–H and O–H groups in total. The van der Waals surface area contributed by atoms with Gasteiger partial charge in [-0.1, -0.05) is 23.7 Å². The lowest BCUT2D eigenvalue weighted by Gasteiger charge is -2.05. The molecular weight excluding hydrogens is 325 g/mol. The second-order valence-corrected chi connectivity index (χ2v) is 6.15. The lowest BCUT2D eigenvalue weighted by Crippen LogP contribution is -2.09. The molecule has 0 aliphatic rings. The fourth-order valence-corrected chi connectivity index (χ4v) is 3.14. The van der Waals surface area contributed by atoms with Crippen LogP contribution < -0.4 is 4.74 Å². The molecule has 0 unspecified atom stereocenters. The Morgan fingerprint density at radius 2 is 2.09 bits per heavy atom. The van der Waals surface area contributed by atoms with Gasteiger partial charge in [0.1, 0.15) is 11.6 Å². The van der Waals surface area contributed by atoms with E-state index in [4.69, 9.17) is 16.3 Å². The maximum absolute atomic E-state index is 12.9. The minimum Gasteiger partial charge on any atom is -0.425 e.